The van der Waals surface area contributed by atoms with E-state index in [-0.39, 0.29) is 19.1 Å². The number of hydrogen-bond donors (Lipinski definition) is 2. The summed E-state index contributed by atoms with van der Waals surface area (Å²) in [5.74, 6) is -0.199. The summed E-state index contributed by atoms with van der Waals surface area (Å²) in [4.78, 5) is 25.6. The molecule has 0 aliphatic carbocycles. The van der Waals surface area contributed by atoms with Crippen molar-refractivity contribution in [2.75, 3.05) is 40.9 Å². The van der Waals surface area contributed by atoms with Gasteiger partial charge in [0, 0.05) is 6.42 Å². The summed E-state index contributed by atoms with van der Waals surface area (Å²) in [5, 5.41) is 13.9. The summed E-state index contributed by atoms with van der Waals surface area (Å²) < 4.78 is 23.4. The fourth-order valence-corrected chi connectivity index (χ4v) is 11.3. The molecule has 0 heterocycles. The van der Waals surface area contributed by atoms with Crippen LogP contribution in [-0.4, -0.2) is 68.5 Å². The fraction of sp³-hybridized carbons (Fsp3) is 0.926. The first-order chi connectivity index (χ1) is 37.5. The first-order valence-electron chi connectivity index (χ1n) is 34.2. The van der Waals surface area contributed by atoms with Crippen molar-refractivity contribution in [2.24, 2.45) is 0 Å². The van der Waals surface area contributed by atoms with Crippen LogP contribution in [-0.2, 0) is 18.4 Å². The number of unbranched alkanes of at least 4 members (excludes halogenated alkanes) is 49. The van der Waals surface area contributed by atoms with Gasteiger partial charge in [0.05, 0.1) is 39.9 Å². The summed E-state index contributed by atoms with van der Waals surface area (Å²) in [7, 11) is 1.26. The molecular formula is C68H135N2O6P. The van der Waals surface area contributed by atoms with Crippen LogP contribution in [0.4, 0.5) is 0 Å². The Bertz CT molecular complexity index is 1300. The largest absolute Gasteiger partial charge is 0.756 e. The normalized spacial score (nSPS) is 13.8. The Hall–Kier alpha value is -1.02. The van der Waals surface area contributed by atoms with Crippen molar-refractivity contribution < 1.29 is 32.9 Å². The molecule has 77 heavy (non-hydrogen) atoms. The van der Waals surface area contributed by atoms with E-state index in [4.69, 9.17) is 9.05 Å². The third kappa shape index (κ3) is 62.4. The van der Waals surface area contributed by atoms with Crippen LogP contribution < -0.4 is 10.2 Å². The zero-order chi connectivity index (χ0) is 56.3. The third-order valence-electron chi connectivity index (χ3n) is 15.9. The third-order valence-corrected chi connectivity index (χ3v) is 16.9. The van der Waals surface area contributed by atoms with Crippen LogP contribution in [0.25, 0.3) is 0 Å². The van der Waals surface area contributed by atoms with Gasteiger partial charge < -0.3 is 28.8 Å². The van der Waals surface area contributed by atoms with E-state index in [0.29, 0.717) is 17.4 Å². The van der Waals surface area contributed by atoms with Crippen molar-refractivity contribution in [1.29, 1.82) is 0 Å². The van der Waals surface area contributed by atoms with Crippen LogP contribution in [0.2, 0.25) is 0 Å². The first-order valence-corrected chi connectivity index (χ1v) is 35.7. The Balaban J connectivity index is 4.05. The standard InChI is InChI=1S/C68H135N2O6P/c1-6-8-10-12-14-16-18-20-22-24-26-28-30-31-32-33-34-35-36-37-38-40-42-44-46-48-50-52-54-56-58-60-62-68(72)69-66(65-76-77(73,74)75-64-63-70(3,4)5)67(71)61-59-57-55-53-51-49-47-45-43-41-39-29-27-25-23-21-19-17-15-13-11-9-7-2/h51,53,59,61,66-67,71H,6-50,52,54-58,60,62-65H2,1-5H3,(H-,69,72,73,74)/b53-51+,61-59+. The van der Waals surface area contributed by atoms with Crippen molar-refractivity contribution in [2.45, 2.75) is 366 Å². The first kappa shape index (κ1) is 76.0. The molecule has 0 radical (unpaired) electrons. The highest BCUT2D eigenvalue weighted by Crippen LogP contribution is 2.38. The molecule has 0 aliphatic rings. The SMILES string of the molecule is CCCCCCCCCCCCCCCCCCC/C=C/CC/C=C/C(O)C(COP(=O)([O-])OCC[N+](C)(C)C)NC(=O)CCCCCCCCCCCCCCCCCCCCCCCCCCCCCCCCCC. The monoisotopic (exact) mass is 1110 g/mol. The Labute approximate surface area is 481 Å². The number of aliphatic hydroxyl groups excluding tert-OH is 1. The fourth-order valence-electron chi connectivity index (χ4n) is 10.6. The summed E-state index contributed by atoms with van der Waals surface area (Å²) in [6.07, 6.45) is 77.3. The lowest BCUT2D eigenvalue weighted by molar-refractivity contribution is -0.870. The number of amides is 1. The van der Waals surface area contributed by atoms with Gasteiger partial charge in [-0.1, -0.05) is 340 Å². The summed E-state index contributed by atoms with van der Waals surface area (Å²) in [6.45, 7) is 4.69. The van der Waals surface area contributed by atoms with Gasteiger partial charge in [-0.2, -0.15) is 0 Å². The molecule has 0 bridgehead atoms. The van der Waals surface area contributed by atoms with Gasteiger partial charge in [-0.05, 0) is 32.1 Å². The van der Waals surface area contributed by atoms with E-state index in [1.165, 1.54) is 295 Å². The smallest absolute Gasteiger partial charge is 0.268 e. The van der Waals surface area contributed by atoms with Gasteiger partial charge >= 0.3 is 0 Å². The lowest BCUT2D eigenvalue weighted by Crippen LogP contribution is -2.45. The number of quaternary nitrogens is 1. The highest BCUT2D eigenvalue weighted by atomic mass is 31.2. The molecule has 3 atom stereocenters. The predicted molar refractivity (Wildman–Crippen MR) is 335 cm³/mol. The summed E-state index contributed by atoms with van der Waals surface area (Å²) in [6, 6.07) is -0.901. The number of allylic oxidation sites excluding steroid dienone is 3. The van der Waals surface area contributed by atoms with E-state index in [9.17, 15) is 19.4 Å². The molecule has 0 saturated heterocycles. The quantitative estimate of drug-likeness (QED) is 0.0272. The number of nitrogens with one attached hydrogen (secondary N) is 1. The zero-order valence-corrected chi connectivity index (χ0v) is 53.3. The second kappa shape index (κ2) is 59.6. The highest BCUT2D eigenvalue weighted by molar-refractivity contribution is 7.45. The minimum absolute atomic E-state index is 0.00347. The van der Waals surface area contributed by atoms with Crippen molar-refractivity contribution in [1.82, 2.24) is 5.32 Å². The maximum absolute atomic E-state index is 13.0. The molecule has 0 rings (SSSR count). The highest BCUT2D eigenvalue weighted by Gasteiger charge is 2.23. The number of carbonyl (C=O) groups is 1. The van der Waals surface area contributed by atoms with Gasteiger partial charge in [0.2, 0.25) is 5.91 Å². The minimum atomic E-state index is -4.61. The van der Waals surface area contributed by atoms with E-state index < -0.39 is 20.0 Å². The Morgan fingerprint density at radius 3 is 1.05 bits per heavy atom. The second-order valence-electron chi connectivity index (χ2n) is 24.9. The molecule has 0 aromatic carbocycles. The molecule has 0 saturated carbocycles. The molecule has 0 aromatic heterocycles. The van der Waals surface area contributed by atoms with E-state index >= 15 is 0 Å². The Kier molecular flexibility index (Phi) is 58.8. The minimum Gasteiger partial charge on any atom is -0.756 e. The van der Waals surface area contributed by atoms with Crippen molar-refractivity contribution in [3.05, 3.63) is 24.3 Å². The van der Waals surface area contributed by atoms with Crippen molar-refractivity contribution in [3.63, 3.8) is 0 Å². The topological polar surface area (TPSA) is 108 Å². The van der Waals surface area contributed by atoms with Crippen LogP contribution in [0.15, 0.2) is 24.3 Å². The van der Waals surface area contributed by atoms with Crippen molar-refractivity contribution >= 4 is 13.7 Å². The Morgan fingerprint density at radius 2 is 0.727 bits per heavy atom. The molecule has 8 nitrogen and oxygen atoms in total. The molecule has 0 fully saturated rings. The van der Waals surface area contributed by atoms with Gasteiger partial charge in [0.1, 0.15) is 13.2 Å². The van der Waals surface area contributed by atoms with Gasteiger partial charge in [-0.15, -0.1) is 0 Å². The number of rotatable bonds is 64. The number of likely N-dealkylation sites (N-methyl/N-ethyl adjacent to an activating group) is 1. The van der Waals surface area contributed by atoms with Crippen LogP contribution >= 0.6 is 7.82 Å². The molecule has 9 heteroatoms. The summed E-state index contributed by atoms with van der Waals surface area (Å²) >= 11 is 0. The number of carbonyl (C=O) groups excluding carboxylic acids is 1. The average Bonchev–Trinajstić information content (AvgIpc) is 3.39. The van der Waals surface area contributed by atoms with E-state index in [0.717, 1.165) is 38.5 Å². The molecule has 1 amide bonds. The molecule has 0 aliphatic heterocycles. The molecular weight excluding hydrogens is 972 g/mol. The van der Waals surface area contributed by atoms with Gasteiger partial charge in [-0.3, -0.25) is 9.36 Å². The van der Waals surface area contributed by atoms with E-state index in [1.807, 2.05) is 27.2 Å². The number of phosphoric ester groups is 1. The average molecular weight is 1110 g/mol. The van der Waals surface area contributed by atoms with Crippen LogP contribution in [0.3, 0.4) is 0 Å². The second-order valence-corrected chi connectivity index (χ2v) is 26.3. The molecule has 0 spiro atoms. The van der Waals surface area contributed by atoms with Crippen LogP contribution in [0.5, 0.6) is 0 Å². The number of hydrogen-bond acceptors (Lipinski definition) is 6. The molecule has 0 aromatic rings. The maximum Gasteiger partial charge on any atom is 0.268 e. The van der Waals surface area contributed by atoms with Crippen LogP contribution in [0, 0.1) is 0 Å². The molecule has 3 unspecified atom stereocenters. The molecule has 2 N–H and O–H groups in total. The number of nitrogens with zero attached hydrogens (tertiary/aromatic N) is 1. The Morgan fingerprint density at radius 1 is 0.442 bits per heavy atom. The van der Waals surface area contributed by atoms with E-state index in [2.05, 4.69) is 31.3 Å². The summed E-state index contributed by atoms with van der Waals surface area (Å²) in [5.41, 5.74) is 0. The molecule has 458 valence electrons. The number of aliphatic hydroxyl groups is 1. The predicted octanol–water partition coefficient (Wildman–Crippen LogP) is 20.9. The van der Waals surface area contributed by atoms with E-state index in [1.54, 1.807) is 6.08 Å². The number of phosphoric acid groups is 1. The maximum atomic E-state index is 13.0. The van der Waals surface area contributed by atoms with Gasteiger partial charge in [-0.25, -0.2) is 0 Å². The van der Waals surface area contributed by atoms with Crippen LogP contribution in [0.1, 0.15) is 354 Å². The lowest BCUT2D eigenvalue weighted by Gasteiger charge is -2.29. The lowest BCUT2D eigenvalue weighted by atomic mass is 10.0. The van der Waals surface area contributed by atoms with Gasteiger partial charge in [0.25, 0.3) is 7.82 Å². The van der Waals surface area contributed by atoms with Gasteiger partial charge in [0.15, 0.2) is 0 Å². The van der Waals surface area contributed by atoms with Crippen molar-refractivity contribution in [3.8, 4) is 0 Å². The zero-order valence-electron chi connectivity index (χ0n) is 52.4.